The first-order valence-corrected chi connectivity index (χ1v) is 11.3. The standard InChI is InChI=1S/C28H34O2/c1-17-15-27(29)19(3)13-25(17)23-9-5-21(6-10-23)22-7-11-24(12-8-22)26-14-20(4)28(30)16-18(26)2/h9,11,13-16,21-22,29-30H,5-8,10,12H2,1-4H3. The average molecular weight is 403 g/mol. The van der Waals surface area contributed by atoms with Gasteiger partial charge in [-0.25, -0.2) is 0 Å². The highest BCUT2D eigenvalue weighted by atomic mass is 16.3. The van der Waals surface area contributed by atoms with Crippen molar-refractivity contribution in [3.05, 3.63) is 69.8 Å². The SMILES string of the molecule is Cc1cc(C2=CCC(C3CC=C(c4cc(C)c(O)cc4C)CC3)CC2)c(C)cc1O. The number of aryl methyl sites for hydroxylation is 4. The van der Waals surface area contributed by atoms with Crippen molar-refractivity contribution in [2.24, 2.45) is 11.8 Å². The van der Waals surface area contributed by atoms with E-state index in [1.807, 2.05) is 26.0 Å². The Bertz CT molecular complexity index is 942. The molecule has 0 fully saturated rings. The fourth-order valence-electron chi connectivity index (χ4n) is 5.35. The molecule has 2 unspecified atom stereocenters. The number of rotatable bonds is 3. The molecule has 0 aromatic heterocycles. The molecule has 0 radical (unpaired) electrons. The monoisotopic (exact) mass is 402 g/mol. The average Bonchev–Trinajstić information content (AvgIpc) is 2.74. The van der Waals surface area contributed by atoms with Crippen molar-refractivity contribution < 1.29 is 10.2 Å². The summed E-state index contributed by atoms with van der Waals surface area (Å²) in [5.41, 5.74) is 9.80. The molecule has 4 rings (SSSR count). The maximum atomic E-state index is 9.95. The predicted molar refractivity (Wildman–Crippen MR) is 126 cm³/mol. The van der Waals surface area contributed by atoms with E-state index in [4.69, 9.17) is 0 Å². The lowest BCUT2D eigenvalue weighted by Gasteiger charge is -2.33. The molecule has 0 heterocycles. The van der Waals surface area contributed by atoms with Crippen LogP contribution in [0.15, 0.2) is 36.4 Å². The number of benzene rings is 2. The molecular weight excluding hydrogens is 368 g/mol. The largest absolute Gasteiger partial charge is 0.508 e. The molecule has 2 aliphatic carbocycles. The maximum absolute atomic E-state index is 9.95. The highest BCUT2D eigenvalue weighted by Crippen LogP contribution is 2.42. The van der Waals surface area contributed by atoms with Crippen LogP contribution in [0.3, 0.4) is 0 Å². The lowest BCUT2D eigenvalue weighted by atomic mass is 9.72. The van der Waals surface area contributed by atoms with Crippen LogP contribution in [0, 0.1) is 39.5 Å². The number of hydrogen-bond acceptors (Lipinski definition) is 2. The molecule has 2 nitrogen and oxygen atoms in total. The van der Waals surface area contributed by atoms with Crippen molar-refractivity contribution in [1.82, 2.24) is 0 Å². The molecule has 0 saturated carbocycles. The van der Waals surface area contributed by atoms with Gasteiger partial charge in [0.15, 0.2) is 0 Å². The van der Waals surface area contributed by atoms with Gasteiger partial charge in [0.1, 0.15) is 11.5 Å². The number of phenolic OH excluding ortho intramolecular Hbond substituents is 2. The molecule has 2 heteroatoms. The normalized spacial score (nSPS) is 21.9. The first-order chi connectivity index (χ1) is 14.3. The number of allylic oxidation sites excluding steroid dienone is 4. The Balaban J connectivity index is 1.45. The van der Waals surface area contributed by atoms with Crippen LogP contribution in [-0.2, 0) is 0 Å². The summed E-state index contributed by atoms with van der Waals surface area (Å²) in [4.78, 5) is 0. The molecule has 2 aliphatic rings. The maximum Gasteiger partial charge on any atom is 0.118 e. The molecule has 0 saturated heterocycles. The summed E-state index contributed by atoms with van der Waals surface area (Å²) in [7, 11) is 0. The first-order valence-electron chi connectivity index (χ1n) is 11.3. The lowest BCUT2D eigenvalue weighted by Crippen LogP contribution is -2.19. The topological polar surface area (TPSA) is 40.5 Å². The van der Waals surface area contributed by atoms with Gasteiger partial charge in [0.05, 0.1) is 0 Å². The Hall–Kier alpha value is -2.48. The van der Waals surface area contributed by atoms with E-state index in [0.717, 1.165) is 35.8 Å². The van der Waals surface area contributed by atoms with Gasteiger partial charge >= 0.3 is 0 Å². The van der Waals surface area contributed by atoms with Gasteiger partial charge in [0.25, 0.3) is 0 Å². The minimum atomic E-state index is 0.398. The second-order valence-electron chi connectivity index (χ2n) is 9.43. The zero-order valence-corrected chi connectivity index (χ0v) is 18.8. The molecule has 2 aromatic rings. The van der Waals surface area contributed by atoms with Gasteiger partial charge in [-0.1, -0.05) is 12.2 Å². The fraction of sp³-hybridized carbons (Fsp3) is 0.429. The third-order valence-electron chi connectivity index (χ3n) is 7.35. The smallest absolute Gasteiger partial charge is 0.118 e. The molecule has 0 aliphatic heterocycles. The van der Waals surface area contributed by atoms with E-state index in [-0.39, 0.29) is 0 Å². The molecule has 0 bridgehead atoms. The van der Waals surface area contributed by atoms with Crippen LogP contribution < -0.4 is 0 Å². The zero-order chi connectivity index (χ0) is 21.4. The van der Waals surface area contributed by atoms with Crippen LogP contribution in [0.2, 0.25) is 0 Å². The Morgan fingerprint density at radius 3 is 1.33 bits per heavy atom. The molecule has 2 aromatic carbocycles. The predicted octanol–water partition coefficient (Wildman–Crippen LogP) is 7.40. The third-order valence-corrected chi connectivity index (χ3v) is 7.35. The number of hydrogen-bond donors (Lipinski definition) is 2. The summed E-state index contributed by atoms with van der Waals surface area (Å²) in [5, 5.41) is 19.9. The van der Waals surface area contributed by atoms with Crippen LogP contribution in [0.1, 0.15) is 71.9 Å². The van der Waals surface area contributed by atoms with Crippen LogP contribution in [-0.4, -0.2) is 10.2 Å². The molecule has 2 atom stereocenters. The second kappa shape index (κ2) is 8.34. The summed E-state index contributed by atoms with van der Waals surface area (Å²) < 4.78 is 0. The van der Waals surface area contributed by atoms with Gasteiger partial charge < -0.3 is 10.2 Å². The molecule has 0 amide bonds. The van der Waals surface area contributed by atoms with E-state index in [9.17, 15) is 10.2 Å². The van der Waals surface area contributed by atoms with E-state index in [1.165, 1.54) is 59.1 Å². The number of phenols is 2. The van der Waals surface area contributed by atoms with Crippen molar-refractivity contribution >= 4 is 11.1 Å². The molecule has 2 N–H and O–H groups in total. The highest BCUT2D eigenvalue weighted by Gasteiger charge is 2.27. The van der Waals surface area contributed by atoms with E-state index in [1.54, 1.807) is 0 Å². The van der Waals surface area contributed by atoms with E-state index >= 15 is 0 Å². The van der Waals surface area contributed by atoms with Gasteiger partial charge in [0.2, 0.25) is 0 Å². The van der Waals surface area contributed by atoms with Gasteiger partial charge in [-0.05, 0) is 147 Å². The zero-order valence-electron chi connectivity index (χ0n) is 18.8. The number of aromatic hydroxyl groups is 2. The minimum absolute atomic E-state index is 0.398. The Morgan fingerprint density at radius 1 is 0.600 bits per heavy atom. The van der Waals surface area contributed by atoms with Crippen molar-refractivity contribution in [1.29, 1.82) is 0 Å². The molecular formula is C28H34O2. The fourth-order valence-corrected chi connectivity index (χ4v) is 5.35. The Kier molecular flexibility index (Phi) is 5.77. The third kappa shape index (κ3) is 4.05. The van der Waals surface area contributed by atoms with Gasteiger partial charge in [0, 0.05) is 0 Å². The highest BCUT2D eigenvalue weighted by molar-refractivity contribution is 5.71. The van der Waals surface area contributed by atoms with Gasteiger partial charge in [-0.3, -0.25) is 0 Å². The summed E-state index contributed by atoms with van der Waals surface area (Å²) in [6.45, 7) is 8.16. The van der Waals surface area contributed by atoms with E-state index < -0.39 is 0 Å². The minimum Gasteiger partial charge on any atom is -0.508 e. The van der Waals surface area contributed by atoms with Crippen molar-refractivity contribution in [2.75, 3.05) is 0 Å². The summed E-state index contributed by atoms with van der Waals surface area (Å²) in [5.74, 6) is 2.34. The van der Waals surface area contributed by atoms with Crippen LogP contribution in [0.5, 0.6) is 11.5 Å². The molecule has 158 valence electrons. The summed E-state index contributed by atoms with van der Waals surface area (Å²) >= 11 is 0. The molecule has 0 spiro atoms. The van der Waals surface area contributed by atoms with Gasteiger partial charge in [-0.15, -0.1) is 0 Å². The Labute approximate surface area is 181 Å². The quantitative estimate of drug-likeness (QED) is 0.561. The van der Waals surface area contributed by atoms with Crippen molar-refractivity contribution in [2.45, 2.75) is 66.2 Å². The summed E-state index contributed by atoms with van der Waals surface area (Å²) in [6.07, 6.45) is 12.0. The lowest BCUT2D eigenvalue weighted by molar-refractivity contribution is 0.292. The van der Waals surface area contributed by atoms with Crippen LogP contribution in [0.25, 0.3) is 11.1 Å². The summed E-state index contributed by atoms with van der Waals surface area (Å²) in [6, 6.07) is 8.10. The van der Waals surface area contributed by atoms with E-state index in [2.05, 4.69) is 38.1 Å². The second-order valence-corrected chi connectivity index (χ2v) is 9.43. The first kappa shape index (κ1) is 20.8. The van der Waals surface area contributed by atoms with Crippen molar-refractivity contribution in [3.8, 4) is 11.5 Å². The molecule has 30 heavy (non-hydrogen) atoms. The van der Waals surface area contributed by atoms with Crippen LogP contribution in [0.4, 0.5) is 0 Å². The van der Waals surface area contributed by atoms with Gasteiger partial charge in [-0.2, -0.15) is 0 Å². The Morgan fingerprint density at radius 2 is 1.00 bits per heavy atom. The van der Waals surface area contributed by atoms with Crippen molar-refractivity contribution in [3.63, 3.8) is 0 Å². The van der Waals surface area contributed by atoms with E-state index in [0.29, 0.717) is 11.5 Å². The van der Waals surface area contributed by atoms with Crippen LogP contribution >= 0.6 is 0 Å².